The fraction of sp³-hybridized carbons (Fsp3) is 0.500. The Kier molecular flexibility index (Phi) is 5.20. The lowest BCUT2D eigenvalue weighted by atomic mass is 10.1. The lowest BCUT2D eigenvalue weighted by molar-refractivity contribution is 0.00691. The molecule has 0 amide bonds. The van der Waals surface area contributed by atoms with Gasteiger partial charge in [-0.1, -0.05) is 11.6 Å². The van der Waals surface area contributed by atoms with Crippen LogP contribution in [0.25, 0.3) is 0 Å². The van der Waals surface area contributed by atoms with Gasteiger partial charge in [0.1, 0.15) is 18.0 Å². The zero-order valence-corrected chi connectivity index (χ0v) is 12.5. The molecule has 1 atom stereocenters. The van der Waals surface area contributed by atoms with E-state index in [1.54, 1.807) is 18.2 Å². The van der Waals surface area contributed by atoms with Crippen molar-refractivity contribution in [3.63, 3.8) is 0 Å². The summed E-state index contributed by atoms with van der Waals surface area (Å²) in [6.07, 6.45) is 0. The van der Waals surface area contributed by atoms with Gasteiger partial charge in [0.15, 0.2) is 0 Å². The highest BCUT2D eigenvalue weighted by molar-refractivity contribution is 6.31. The summed E-state index contributed by atoms with van der Waals surface area (Å²) in [6.45, 7) is 7.61. The predicted molar refractivity (Wildman–Crippen MR) is 75.8 cm³/mol. The van der Waals surface area contributed by atoms with Crippen molar-refractivity contribution in [3.8, 4) is 5.75 Å². The van der Waals surface area contributed by atoms with Crippen LogP contribution in [0, 0.1) is 0 Å². The maximum Gasteiger partial charge on any atom is 0.338 e. The van der Waals surface area contributed by atoms with Gasteiger partial charge in [-0.3, -0.25) is 0 Å². The highest BCUT2D eigenvalue weighted by Crippen LogP contribution is 2.23. The second-order valence-electron chi connectivity index (χ2n) is 5.47. The molecule has 1 rings (SSSR count). The number of rotatable bonds is 4. The summed E-state index contributed by atoms with van der Waals surface area (Å²) >= 11 is 5.96. The number of nitrogens with two attached hydrogens (primary N) is 1. The Bertz CT molecular complexity index is 452. The van der Waals surface area contributed by atoms with Crippen molar-refractivity contribution in [3.05, 3.63) is 28.8 Å². The normalized spacial score (nSPS) is 12.9. The van der Waals surface area contributed by atoms with Crippen molar-refractivity contribution < 1.29 is 14.3 Å². The summed E-state index contributed by atoms with van der Waals surface area (Å²) < 4.78 is 10.7. The smallest absolute Gasteiger partial charge is 0.338 e. The SMILES string of the molecule is CC(N)COc1cc(Cl)cc(C(=O)OC(C)(C)C)c1. The minimum Gasteiger partial charge on any atom is -0.492 e. The fourth-order valence-electron chi connectivity index (χ4n) is 1.33. The zero-order chi connectivity index (χ0) is 14.6. The van der Waals surface area contributed by atoms with Gasteiger partial charge in [-0.2, -0.15) is 0 Å². The van der Waals surface area contributed by atoms with Crippen LogP contribution in [-0.4, -0.2) is 24.2 Å². The fourth-order valence-corrected chi connectivity index (χ4v) is 1.55. The summed E-state index contributed by atoms with van der Waals surface area (Å²) in [6, 6.07) is 4.69. The molecule has 0 saturated heterocycles. The molecule has 0 heterocycles. The molecule has 106 valence electrons. The molecule has 0 aliphatic rings. The minimum absolute atomic E-state index is 0.0936. The minimum atomic E-state index is -0.549. The highest BCUT2D eigenvalue weighted by atomic mass is 35.5. The number of carbonyl (C=O) groups excluding carboxylic acids is 1. The van der Waals surface area contributed by atoms with Gasteiger partial charge in [-0.05, 0) is 45.9 Å². The molecule has 0 radical (unpaired) electrons. The molecule has 0 aromatic heterocycles. The van der Waals surface area contributed by atoms with E-state index in [2.05, 4.69) is 0 Å². The molecule has 5 heteroatoms. The van der Waals surface area contributed by atoms with Crippen LogP contribution < -0.4 is 10.5 Å². The Hall–Kier alpha value is -1.26. The third kappa shape index (κ3) is 5.94. The van der Waals surface area contributed by atoms with Crippen LogP contribution in [0.4, 0.5) is 0 Å². The first-order chi connectivity index (χ1) is 8.67. The Morgan fingerprint density at radius 3 is 2.53 bits per heavy atom. The van der Waals surface area contributed by atoms with Crippen LogP contribution in [0.5, 0.6) is 5.75 Å². The van der Waals surface area contributed by atoms with Crippen LogP contribution in [-0.2, 0) is 4.74 Å². The zero-order valence-electron chi connectivity index (χ0n) is 11.7. The molecule has 0 spiro atoms. The number of carbonyl (C=O) groups is 1. The van der Waals surface area contributed by atoms with E-state index >= 15 is 0 Å². The lowest BCUT2D eigenvalue weighted by Gasteiger charge is -2.19. The molecular weight excluding hydrogens is 266 g/mol. The lowest BCUT2D eigenvalue weighted by Crippen LogP contribution is -2.24. The average molecular weight is 286 g/mol. The average Bonchev–Trinajstić information content (AvgIpc) is 2.23. The van der Waals surface area contributed by atoms with E-state index in [0.717, 1.165) is 0 Å². The molecule has 1 unspecified atom stereocenters. The van der Waals surface area contributed by atoms with E-state index < -0.39 is 11.6 Å². The molecule has 4 nitrogen and oxygen atoms in total. The van der Waals surface area contributed by atoms with E-state index in [-0.39, 0.29) is 6.04 Å². The Labute approximate surface area is 118 Å². The molecule has 0 fully saturated rings. The number of hydrogen-bond donors (Lipinski definition) is 1. The molecule has 0 bridgehead atoms. The molecule has 0 saturated carbocycles. The third-order valence-corrected chi connectivity index (χ3v) is 2.24. The van der Waals surface area contributed by atoms with Crippen molar-refractivity contribution in [2.45, 2.75) is 39.3 Å². The van der Waals surface area contributed by atoms with E-state index in [0.29, 0.717) is 22.9 Å². The summed E-state index contributed by atoms with van der Waals surface area (Å²) in [5.41, 5.74) is 5.42. The maximum atomic E-state index is 11.9. The molecule has 1 aromatic carbocycles. The molecular formula is C14H20ClNO3. The molecule has 2 N–H and O–H groups in total. The molecule has 0 aliphatic heterocycles. The van der Waals surface area contributed by atoms with Crippen LogP contribution in [0.2, 0.25) is 5.02 Å². The van der Waals surface area contributed by atoms with E-state index in [4.69, 9.17) is 26.8 Å². The second kappa shape index (κ2) is 6.26. The van der Waals surface area contributed by atoms with Crippen LogP contribution in [0.1, 0.15) is 38.1 Å². The predicted octanol–water partition coefficient (Wildman–Crippen LogP) is 3.02. The van der Waals surface area contributed by atoms with E-state index in [9.17, 15) is 4.79 Å². The van der Waals surface area contributed by atoms with Gasteiger partial charge in [0.25, 0.3) is 0 Å². The van der Waals surface area contributed by atoms with Crippen LogP contribution >= 0.6 is 11.6 Å². The van der Waals surface area contributed by atoms with E-state index in [1.807, 2.05) is 27.7 Å². The van der Waals surface area contributed by atoms with Crippen molar-refractivity contribution >= 4 is 17.6 Å². The summed E-state index contributed by atoms with van der Waals surface area (Å²) in [5, 5.41) is 0.419. The summed E-state index contributed by atoms with van der Waals surface area (Å²) in [7, 11) is 0. The van der Waals surface area contributed by atoms with Gasteiger partial charge in [0.2, 0.25) is 0 Å². The first-order valence-corrected chi connectivity index (χ1v) is 6.47. The number of benzene rings is 1. The van der Waals surface area contributed by atoms with E-state index in [1.165, 1.54) is 0 Å². The number of ether oxygens (including phenoxy) is 2. The Morgan fingerprint density at radius 2 is 2.00 bits per heavy atom. The van der Waals surface area contributed by atoms with Crippen molar-refractivity contribution in [1.29, 1.82) is 0 Å². The van der Waals surface area contributed by atoms with Crippen LogP contribution in [0.15, 0.2) is 18.2 Å². The maximum absolute atomic E-state index is 11.9. The van der Waals surface area contributed by atoms with Crippen molar-refractivity contribution in [2.75, 3.05) is 6.61 Å². The molecule has 1 aromatic rings. The van der Waals surface area contributed by atoms with Crippen LogP contribution in [0.3, 0.4) is 0 Å². The number of esters is 1. The quantitative estimate of drug-likeness (QED) is 0.864. The van der Waals surface area contributed by atoms with Gasteiger partial charge in [-0.15, -0.1) is 0 Å². The second-order valence-corrected chi connectivity index (χ2v) is 5.90. The van der Waals surface area contributed by atoms with Crippen molar-refractivity contribution in [2.24, 2.45) is 5.73 Å². The van der Waals surface area contributed by atoms with Gasteiger partial charge in [0, 0.05) is 11.1 Å². The highest BCUT2D eigenvalue weighted by Gasteiger charge is 2.19. The number of halogens is 1. The Balaban J connectivity index is 2.87. The third-order valence-electron chi connectivity index (χ3n) is 2.02. The first kappa shape index (κ1) is 15.8. The first-order valence-electron chi connectivity index (χ1n) is 6.10. The van der Waals surface area contributed by atoms with Gasteiger partial charge in [-0.25, -0.2) is 4.79 Å². The standard InChI is InChI=1S/C14H20ClNO3/c1-9(16)8-18-12-6-10(5-11(15)7-12)13(17)19-14(2,3)4/h5-7,9H,8,16H2,1-4H3. The molecule has 19 heavy (non-hydrogen) atoms. The largest absolute Gasteiger partial charge is 0.492 e. The Morgan fingerprint density at radius 1 is 1.37 bits per heavy atom. The topological polar surface area (TPSA) is 61.5 Å². The monoisotopic (exact) mass is 285 g/mol. The van der Waals surface area contributed by atoms with Gasteiger partial charge in [0.05, 0.1) is 5.56 Å². The van der Waals surface area contributed by atoms with Gasteiger partial charge >= 0.3 is 5.97 Å². The summed E-state index contributed by atoms with van der Waals surface area (Å²) in [4.78, 5) is 11.9. The summed E-state index contributed by atoms with van der Waals surface area (Å²) in [5.74, 6) is 0.0753. The van der Waals surface area contributed by atoms with Crippen molar-refractivity contribution in [1.82, 2.24) is 0 Å². The molecule has 0 aliphatic carbocycles. The van der Waals surface area contributed by atoms with Gasteiger partial charge < -0.3 is 15.2 Å². The number of hydrogen-bond acceptors (Lipinski definition) is 4.